The van der Waals surface area contributed by atoms with Crippen LogP contribution in [0, 0.1) is 11.3 Å². The van der Waals surface area contributed by atoms with Crippen molar-refractivity contribution in [1.82, 2.24) is 9.62 Å². The van der Waals surface area contributed by atoms with Gasteiger partial charge in [0.05, 0.1) is 16.3 Å². The van der Waals surface area contributed by atoms with Crippen LogP contribution in [0.3, 0.4) is 0 Å². The highest BCUT2D eigenvalue weighted by atomic mass is 35.5. The van der Waals surface area contributed by atoms with Gasteiger partial charge in [0.15, 0.2) is 0 Å². The lowest BCUT2D eigenvalue weighted by atomic mass is 9.74. The summed E-state index contributed by atoms with van der Waals surface area (Å²) < 4.78 is 26.4. The molecule has 3 N–H and O–H groups in total. The molecule has 1 saturated heterocycles. The number of hydrogen-bond acceptors (Lipinski definition) is 4. The molecule has 1 aromatic carbocycles. The first-order valence-corrected chi connectivity index (χ1v) is 12.0. The van der Waals surface area contributed by atoms with Gasteiger partial charge < -0.3 is 11.1 Å². The third-order valence-corrected chi connectivity index (χ3v) is 8.35. The van der Waals surface area contributed by atoms with E-state index in [9.17, 15) is 13.2 Å². The van der Waals surface area contributed by atoms with Crippen molar-refractivity contribution >= 4 is 33.2 Å². The van der Waals surface area contributed by atoms with E-state index in [0.717, 1.165) is 19.3 Å². The maximum atomic E-state index is 12.7. The van der Waals surface area contributed by atoms with E-state index < -0.39 is 10.0 Å². The van der Waals surface area contributed by atoms with Crippen molar-refractivity contribution in [3.8, 4) is 0 Å². The van der Waals surface area contributed by atoms with E-state index in [4.69, 9.17) is 17.3 Å². The first kappa shape index (κ1) is 21.4. The Hall–Kier alpha value is -1.31. The molecule has 8 heteroatoms. The number of benzene rings is 1. The van der Waals surface area contributed by atoms with Gasteiger partial charge in [-0.05, 0) is 49.1 Å². The molecule has 1 aliphatic carbocycles. The molecule has 1 aromatic rings. The Bertz CT molecular complexity index is 796. The summed E-state index contributed by atoms with van der Waals surface area (Å²) in [4.78, 5) is 12.7. The molecule has 1 saturated carbocycles. The Morgan fingerprint density at radius 2 is 2.00 bits per heavy atom. The summed E-state index contributed by atoms with van der Waals surface area (Å²) in [5.41, 5.74) is 6.54. The number of nitrogens with two attached hydrogens (primary N) is 1. The van der Waals surface area contributed by atoms with E-state index in [1.54, 1.807) is 22.5 Å². The molecule has 0 bridgehead atoms. The van der Waals surface area contributed by atoms with Gasteiger partial charge in [-0.3, -0.25) is 4.79 Å². The highest BCUT2D eigenvalue weighted by Crippen LogP contribution is 2.45. The van der Waals surface area contributed by atoms with E-state index >= 15 is 0 Å². The molecule has 0 atom stereocenters. The van der Waals surface area contributed by atoms with Crippen LogP contribution in [0.2, 0.25) is 5.02 Å². The fourth-order valence-electron chi connectivity index (χ4n) is 4.15. The van der Waals surface area contributed by atoms with Crippen LogP contribution in [0.5, 0.6) is 0 Å². The molecule has 1 aliphatic heterocycles. The number of nitrogens with zero attached hydrogens (tertiary/aromatic N) is 1. The van der Waals surface area contributed by atoms with Gasteiger partial charge in [0.2, 0.25) is 10.0 Å². The number of amides is 1. The van der Waals surface area contributed by atoms with Crippen LogP contribution >= 0.6 is 11.6 Å². The number of nitrogen functional groups attached to an aromatic ring is 1. The molecule has 6 nitrogen and oxygen atoms in total. The molecule has 0 aromatic heterocycles. The summed E-state index contributed by atoms with van der Waals surface area (Å²) in [6, 6.07) is 5.04. The van der Waals surface area contributed by atoms with Crippen molar-refractivity contribution in [2.75, 3.05) is 31.1 Å². The molecule has 2 aliphatic rings. The van der Waals surface area contributed by atoms with E-state index in [2.05, 4.69) is 5.32 Å². The lowest BCUT2D eigenvalue weighted by molar-refractivity contribution is 0.0872. The SMILES string of the molecule is CCCS(=O)(=O)N1CCC(CNC(=O)c2c(N)cccc2Cl)(CC2CC2)CC1. The van der Waals surface area contributed by atoms with E-state index in [1.807, 2.05) is 6.92 Å². The molecular formula is C20H30ClN3O3S. The summed E-state index contributed by atoms with van der Waals surface area (Å²) in [5.74, 6) is 0.630. The van der Waals surface area contributed by atoms with E-state index in [1.165, 1.54) is 12.8 Å². The summed E-state index contributed by atoms with van der Waals surface area (Å²) in [6.07, 6.45) is 5.65. The maximum Gasteiger partial charge on any atom is 0.254 e. The number of sulfonamides is 1. The molecule has 0 unspecified atom stereocenters. The first-order chi connectivity index (χ1) is 13.3. The largest absolute Gasteiger partial charge is 0.398 e. The minimum atomic E-state index is -3.17. The predicted molar refractivity (Wildman–Crippen MR) is 113 cm³/mol. The topological polar surface area (TPSA) is 92.5 Å². The van der Waals surface area contributed by atoms with Gasteiger partial charge in [0, 0.05) is 25.3 Å². The van der Waals surface area contributed by atoms with Crippen molar-refractivity contribution < 1.29 is 13.2 Å². The zero-order valence-corrected chi connectivity index (χ0v) is 18.0. The highest BCUT2D eigenvalue weighted by molar-refractivity contribution is 7.89. The molecule has 28 heavy (non-hydrogen) atoms. The van der Waals surface area contributed by atoms with Gasteiger partial charge in [0.25, 0.3) is 5.91 Å². The fraction of sp³-hybridized carbons (Fsp3) is 0.650. The van der Waals surface area contributed by atoms with Crippen LogP contribution in [0.1, 0.15) is 55.8 Å². The number of hydrogen-bond donors (Lipinski definition) is 2. The second-order valence-corrected chi connectivity index (χ2v) is 10.7. The molecular weight excluding hydrogens is 398 g/mol. The number of anilines is 1. The lowest BCUT2D eigenvalue weighted by Crippen LogP contribution is -2.48. The zero-order chi connectivity index (χ0) is 20.4. The van der Waals surface area contributed by atoms with Crippen LogP contribution in [0.4, 0.5) is 5.69 Å². The van der Waals surface area contributed by atoms with E-state index in [0.29, 0.717) is 48.2 Å². The van der Waals surface area contributed by atoms with Crippen LogP contribution in [-0.4, -0.2) is 44.0 Å². The molecule has 156 valence electrons. The highest BCUT2D eigenvalue weighted by Gasteiger charge is 2.41. The van der Waals surface area contributed by atoms with Crippen molar-refractivity contribution in [1.29, 1.82) is 0 Å². The zero-order valence-electron chi connectivity index (χ0n) is 16.4. The summed E-state index contributed by atoms with van der Waals surface area (Å²) in [7, 11) is -3.17. The van der Waals surface area contributed by atoms with Crippen LogP contribution in [0.15, 0.2) is 18.2 Å². The summed E-state index contributed by atoms with van der Waals surface area (Å²) in [5, 5.41) is 3.37. The normalized spacial score (nSPS) is 20.1. The van der Waals surface area contributed by atoms with Crippen molar-refractivity contribution in [2.45, 2.75) is 45.4 Å². The first-order valence-electron chi connectivity index (χ1n) is 10.1. The second kappa shape index (κ2) is 8.59. The van der Waals surface area contributed by atoms with Crippen molar-refractivity contribution in [3.05, 3.63) is 28.8 Å². The van der Waals surface area contributed by atoms with Gasteiger partial charge >= 0.3 is 0 Å². The standard InChI is InChI=1S/C20H30ClN3O3S/c1-2-12-28(26,27)24-10-8-20(9-11-24,13-15-6-7-15)14-23-19(25)18-16(21)4-3-5-17(18)22/h3-5,15H,2,6-14,22H2,1H3,(H,23,25). The van der Waals surface area contributed by atoms with Crippen LogP contribution < -0.4 is 11.1 Å². The quantitative estimate of drug-likeness (QED) is 0.622. The van der Waals surface area contributed by atoms with Gasteiger partial charge in [-0.2, -0.15) is 0 Å². The summed E-state index contributed by atoms with van der Waals surface area (Å²) >= 11 is 6.16. The molecule has 3 rings (SSSR count). The van der Waals surface area contributed by atoms with Gasteiger partial charge in [-0.15, -0.1) is 0 Å². The third kappa shape index (κ3) is 4.99. The van der Waals surface area contributed by atoms with Crippen molar-refractivity contribution in [2.24, 2.45) is 11.3 Å². The second-order valence-electron chi connectivity index (χ2n) is 8.25. The Morgan fingerprint density at radius 3 is 2.57 bits per heavy atom. The Labute approximate surface area is 172 Å². The Kier molecular flexibility index (Phi) is 6.57. The number of halogens is 1. The van der Waals surface area contributed by atoms with Crippen LogP contribution in [0.25, 0.3) is 0 Å². The minimum Gasteiger partial charge on any atom is -0.398 e. The number of carbonyl (C=O) groups excluding carboxylic acids is 1. The molecule has 1 amide bonds. The van der Waals surface area contributed by atoms with Crippen LogP contribution in [-0.2, 0) is 10.0 Å². The van der Waals surface area contributed by atoms with E-state index in [-0.39, 0.29) is 17.1 Å². The number of rotatable bonds is 8. The average Bonchev–Trinajstić information content (AvgIpc) is 3.44. The Morgan fingerprint density at radius 1 is 1.32 bits per heavy atom. The smallest absolute Gasteiger partial charge is 0.254 e. The fourth-order valence-corrected chi connectivity index (χ4v) is 5.93. The number of nitrogens with one attached hydrogen (secondary N) is 1. The Balaban J connectivity index is 1.67. The molecule has 1 heterocycles. The summed E-state index contributed by atoms with van der Waals surface area (Å²) in [6.45, 7) is 3.46. The maximum absolute atomic E-state index is 12.7. The monoisotopic (exact) mass is 427 g/mol. The lowest BCUT2D eigenvalue weighted by Gasteiger charge is -2.41. The van der Waals surface area contributed by atoms with Gasteiger partial charge in [-0.25, -0.2) is 12.7 Å². The number of carbonyl (C=O) groups is 1. The molecule has 0 spiro atoms. The molecule has 0 radical (unpaired) electrons. The minimum absolute atomic E-state index is 0.0644. The third-order valence-electron chi connectivity index (χ3n) is 5.95. The van der Waals surface area contributed by atoms with Gasteiger partial charge in [0.1, 0.15) is 0 Å². The molecule has 2 fully saturated rings. The predicted octanol–water partition coefficient (Wildman–Crippen LogP) is 3.27. The van der Waals surface area contributed by atoms with Crippen molar-refractivity contribution in [3.63, 3.8) is 0 Å². The number of piperidine rings is 1. The van der Waals surface area contributed by atoms with Gasteiger partial charge in [-0.1, -0.05) is 37.4 Å². The average molecular weight is 428 g/mol.